The molecule has 1 heterocycles. The van der Waals surface area contributed by atoms with Gasteiger partial charge in [-0.25, -0.2) is 12.8 Å². The molecule has 9 heteroatoms. The van der Waals surface area contributed by atoms with Crippen LogP contribution in [0, 0.1) is 19.7 Å². The fourth-order valence-corrected chi connectivity index (χ4v) is 3.87. The van der Waals surface area contributed by atoms with Gasteiger partial charge in [0.1, 0.15) is 10.7 Å². The Balaban J connectivity index is 1.90. The van der Waals surface area contributed by atoms with Crippen molar-refractivity contribution in [3.63, 3.8) is 0 Å². The Morgan fingerprint density at radius 2 is 1.92 bits per heavy atom. The van der Waals surface area contributed by atoms with Gasteiger partial charge in [0, 0.05) is 13.6 Å². The zero-order valence-electron chi connectivity index (χ0n) is 14.3. The third-order valence-electron chi connectivity index (χ3n) is 3.74. The molecule has 0 saturated carbocycles. The number of rotatable bonds is 7. The third kappa shape index (κ3) is 4.64. The lowest BCUT2D eigenvalue weighted by atomic mass is 10.1. The number of carbonyl (C=O) groups is 1. The summed E-state index contributed by atoms with van der Waals surface area (Å²) in [6, 6.07) is 5.99. The van der Waals surface area contributed by atoms with Gasteiger partial charge in [0.25, 0.3) is 0 Å². The Hall–Kier alpha value is -2.26. The molecule has 0 bridgehead atoms. The summed E-state index contributed by atoms with van der Waals surface area (Å²) in [5, 5.41) is 9.16. The van der Waals surface area contributed by atoms with Crippen LogP contribution in [0.5, 0.6) is 0 Å². The molecule has 0 saturated heterocycles. The lowest BCUT2D eigenvalue weighted by Gasteiger charge is -2.17. The molecule has 2 rings (SSSR count). The molecule has 0 unspecified atom stereocenters. The van der Waals surface area contributed by atoms with Gasteiger partial charge in [0.05, 0.1) is 17.9 Å². The van der Waals surface area contributed by atoms with E-state index in [1.807, 2.05) is 0 Å². The summed E-state index contributed by atoms with van der Waals surface area (Å²) in [6.45, 7) is 3.24. The number of likely N-dealkylation sites (N-methyl/N-ethyl adjacent to an activating group) is 1. The van der Waals surface area contributed by atoms with Crippen molar-refractivity contribution in [3.8, 4) is 0 Å². The van der Waals surface area contributed by atoms with E-state index in [1.54, 1.807) is 26.0 Å². The number of benzene rings is 1. The SMILES string of the molecule is Cc1n[nH]c(C)c1S(=O)(=O)N(C)CC(=O)NCCc1ccc(F)cc1. The first-order chi connectivity index (χ1) is 11.7. The number of aromatic nitrogens is 2. The van der Waals surface area contributed by atoms with Crippen LogP contribution >= 0.6 is 0 Å². The van der Waals surface area contributed by atoms with Crippen molar-refractivity contribution in [1.29, 1.82) is 0 Å². The lowest BCUT2D eigenvalue weighted by Crippen LogP contribution is -2.39. The van der Waals surface area contributed by atoms with Gasteiger partial charge in [-0.15, -0.1) is 0 Å². The van der Waals surface area contributed by atoms with E-state index in [2.05, 4.69) is 15.5 Å². The van der Waals surface area contributed by atoms with Crippen molar-refractivity contribution >= 4 is 15.9 Å². The molecule has 2 aromatic rings. The Bertz CT molecular complexity index is 827. The van der Waals surface area contributed by atoms with Crippen molar-refractivity contribution in [1.82, 2.24) is 19.8 Å². The molecular formula is C16H21FN4O3S. The molecule has 136 valence electrons. The topological polar surface area (TPSA) is 95.2 Å². The molecule has 0 aliphatic heterocycles. The molecule has 1 aromatic carbocycles. The van der Waals surface area contributed by atoms with Gasteiger partial charge < -0.3 is 5.32 Å². The Morgan fingerprint density at radius 3 is 2.48 bits per heavy atom. The van der Waals surface area contributed by atoms with Crippen LogP contribution in [0.1, 0.15) is 17.0 Å². The summed E-state index contributed by atoms with van der Waals surface area (Å²) in [5.74, 6) is -0.726. The lowest BCUT2D eigenvalue weighted by molar-refractivity contribution is -0.121. The number of hydrogen-bond acceptors (Lipinski definition) is 4. The summed E-state index contributed by atoms with van der Waals surface area (Å²) in [5.41, 5.74) is 1.68. The van der Waals surface area contributed by atoms with Crippen molar-refractivity contribution in [2.75, 3.05) is 20.1 Å². The molecule has 0 fully saturated rings. The Morgan fingerprint density at radius 1 is 1.28 bits per heavy atom. The number of amides is 1. The van der Waals surface area contributed by atoms with Gasteiger partial charge in [0.15, 0.2) is 0 Å². The molecule has 2 N–H and O–H groups in total. The monoisotopic (exact) mass is 368 g/mol. The van der Waals surface area contributed by atoms with Crippen LogP contribution in [0.2, 0.25) is 0 Å². The molecule has 1 aromatic heterocycles. The third-order valence-corrected chi connectivity index (χ3v) is 5.81. The second kappa shape index (κ2) is 7.75. The largest absolute Gasteiger partial charge is 0.355 e. The first kappa shape index (κ1) is 19.1. The van der Waals surface area contributed by atoms with Crippen LogP contribution < -0.4 is 5.32 Å². The fraction of sp³-hybridized carbons (Fsp3) is 0.375. The molecular weight excluding hydrogens is 347 g/mol. The first-order valence-electron chi connectivity index (χ1n) is 7.71. The highest BCUT2D eigenvalue weighted by molar-refractivity contribution is 7.89. The van der Waals surface area contributed by atoms with E-state index in [1.165, 1.54) is 19.2 Å². The molecule has 25 heavy (non-hydrogen) atoms. The minimum atomic E-state index is -3.80. The van der Waals surface area contributed by atoms with E-state index in [9.17, 15) is 17.6 Å². The van der Waals surface area contributed by atoms with Crippen LogP contribution in [-0.4, -0.2) is 49.0 Å². The molecule has 7 nitrogen and oxygen atoms in total. The second-order valence-electron chi connectivity index (χ2n) is 5.75. The maximum atomic E-state index is 12.8. The van der Waals surface area contributed by atoms with Crippen LogP contribution in [0.4, 0.5) is 4.39 Å². The normalized spacial score (nSPS) is 11.7. The van der Waals surface area contributed by atoms with Crippen LogP contribution in [0.25, 0.3) is 0 Å². The molecule has 0 spiro atoms. The highest BCUT2D eigenvalue weighted by atomic mass is 32.2. The van der Waals surface area contributed by atoms with Crippen molar-refractivity contribution in [2.24, 2.45) is 0 Å². The minimum absolute atomic E-state index is 0.0918. The van der Waals surface area contributed by atoms with Gasteiger partial charge in [-0.1, -0.05) is 12.1 Å². The average molecular weight is 368 g/mol. The number of aromatic amines is 1. The van der Waals surface area contributed by atoms with Gasteiger partial charge in [-0.05, 0) is 38.0 Å². The maximum Gasteiger partial charge on any atom is 0.246 e. The number of nitrogens with one attached hydrogen (secondary N) is 2. The number of sulfonamides is 1. The summed E-state index contributed by atoms with van der Waals surface area (Å²) < 4.78 is 38.9. The number of hydrogen-bond donors (Lipinski definition) is 2. The van der Waals surface area contributed by atoms with Crippen LogP contribution in [0.15, 0.2) is 29.2 Å². The van der Waals surface area contributed by atoms with E-state index in [4.69, 9.17) is 0 Å². The minimum Gasteiger partial charge on any atom is -0.355 e. The number of H-pyrrole nitrogens is 1. The number of halogens is 1. The molecule has 1 amide bonds. The van der Waals surface area contributed by atoms with Crippen LogP contribution in [-0.2, 0) is 21.2 Å². The number of aryl methyl sites for hydroxylation is 2. The number of carbonyl (C=O) groups excluding carboxylic acids is 1. The van der Waals surface area contributed by atoms with E-state index >= 15 is 0 Å². The zero-order chi connectivity index (χ0) is 18.6. The van der Waals surface area contributed by atoms with Crippen molar-refractivity contribution in [3.05, 3.63) is 47.0 Å². The first-order valence-corrected chi connectivity index (χ1v) is 9.15. The van der Waals surface area contributed by atoms with E-state index in [0.29, 0.717) is 24.4 Å². The second-order valence-corrected chi connectivity index (χ2v) is 7.73. The van der Waals surface area contributed by atoms with Gasteiger partial charge in [-0.3, -0.25) is 9.89 Å². The standard InChI is InChI=1S/C16H21FN4O3S/c1-11-16(12(2)20-19-11)25(23,24)21(3)10-15(22)18-9-8-13-4-6-14(17)7-5-13/h4-7H,8-10H2,1-3H3,(H,18,22)(H,19,20). The van der Waals surface area contributed by atoms with Crippen molar-refractivity contribution < 1.29 is 17.6 Å². The van der Waals surface area contributed by atoms with E-state index in [-0.39, 0.29) is 17.3 Å². The molecule has 0 radical (unpaired) electrons. The zero-order valence-corrected chi connectivity index (χ0v) is 15.2. The smallest absolute Gasteiger partial charge is 0.246 e. The average Bonchev–Trinajstić information content (AvgIpc) is 2.88. The van der Waals surface area contributed by atoms with E-state index in [0.717, 1.165) is 9.87 Å². The predicted octanol–water partition coefficient (Wildman–Crippen LogP) is 1.15. The summed E-state index contributed by atoms with van der Waals surface area (Å²) in [4.78, 5) is 12.1. The number of nitrogens with zero attached hydrogens (tertiary/aromatic N) is 2. The quantitative estimate of drug-likeness (QED) is 0.766. The molecule has 0 aliphatic rings. The van der Waals surface area contributed by atoms with Crippen LogP contribution in [0.3, 0.4) is 0 Å². The summed E-state index contributed by atoms with van der Waals surface area (Å²) >= 11 is 0. The summed E-state index contributed by atoms with van der Waals surface area (Å²) in [6.07, 6.45) is 0.530. The summed E-state index contributed by atoms with van der Waals surface area (Å²) in [7, 11) is -2.45. The van der Waals surface area contributed by atoms with Crippen molar-refractivity contribution in [2.45, 2.75) is 25.2 Å². The molecule has 0 aliphatic carbocycles. The van der Waals surface area contributed by atoms with Gasteiger partial charge >= 0.3 is 0 Å². The van der Waals surface area contributed by atoms with E-state index < -0.39 is 15.9 Å². The van der Waals surface area contributed by atoms with Gasteiger partial charge in [-0.2, -0.15) is 9.40 Å². The highest BCUT2D eigenvalue weighted by Crippen LogP contribution is 2.20. The van der Waals surface area contributed by atoms with Gasteiger partial charge in [0.2, 0.25) is 15.9 Å². The molecule has 0 atom stereocenters. The maximum absolute atomic E-state index is 12.8. The predicted molar refractivity (Wildman–Crippen MR) is 91.0 cm³/mol. The Kier molecular flexibility index (Phi) is 5.91. The Labute approximate surface area is 146 Å². The highest BCUT2D eigenvalue weighted by Gasteiger charge is 2.28. The fourth-order valence-electron chi connectivity index (χ4n) is 2.42.